The summed E-state index contributed by atoms with van der Waals surface area (Å²) in [5.41, 5.74) is 2.20. The monoisotopic (exact) mass is 206 g/mol. The molecular formula is C11H14N2S. The molecule has 74 valence electrons. The Bertz CT molecular complexity index is 471. The quantitative estimate of drug-likeness (QED) is 0.710. The minimum absolute atomic E-state index is 0.454. The van der Waals surface area contributed by atoms with Crippen LogP contribution in [-0.2, 0) is 7.05 Å². The van der Waals surface area contributed by atoms with Gasteiger partial charge in [0, 0.05) is 17.9 Å². The van der Waals surface area contributed by atoms with Gasteiger partial charge in [-0.3, -0.25) is 0 Å². The van der Waals surface area contributed by atoms with Gasteiger partial charge in [-0.25, -0.2) is 4.98 Å². The van der Waals surface area contributed by atoms with E-state index < -0.39 is 0 Å². The molecule has 0 aliphatic rings. The highest BCUT2D eigenvalue weighted by Gasteiger charge is 2.10. The van der Waals surface area contributed by atoms with Gasteiger partial charge in [0.25, 0.3) is 0 Å². The first-order valence-electron chi connectivity index (χ1n) is 4.75. The summed E-state index contributed by atoms with van der Waals surface area (Å²) in [5.74, 6) is 1.58. The largest absolute Gasteiger partial charge is 0.331 e. The molecule has 0 radical (unpaired) electrons. The predicted molar refractivity (Wildman–Crippen MR) is 62.1 cm³/mol. The molecule has 0 amide bonds. The molecular weight excluding hydrogens is 192 g/mol. The third-order valence-electron chi connectivity index (χ3n) is 2.42. The van der Waals surface area contributed by atoms with E-state index in [0.717, 1.165) is 21.8 Å². The van der Waals surface area contributed by atoms with Gasteiger partial charge in [0.05, 0.1) is 11.0 Å². The number of imidazole rings is 1. The third kappa shape index (κ3) is 1.42. The minimum Gasteiger partial charge on any atom is -0.331 e. The molecule has 0 bridgehead atoms. The zero-order chi connectivity index (χ0) is 10.3. The molecule has 2 nitrogen and oxygen atoms in total. The van der Waals surface area contributed by atoms with Gasteiger partial charge in [-0.15, -0.1) is 12.6 Å². The highest BCUT2D eigenvalue weighted by atomic mass is 32.1. The van der Waals surface area contributed by atoms with E-state index in [1.165, 1.54) is 0 Å². The van der Waals surface area contributed by atoms with E-state index in [9.17, 15) is 0 Å². The second kappa shape index (κ2) is 3.31. The van der Waals surface area contributed by atoms with E-state index in [4.69, 9.17) is 0 Å². The Morgan fingerprint density at radius 1 is 1.36 bits per heavy atom. The van der Waals surface area contributed by atoms with Crippen LogP contribution in [0.25, 0.3) is 11.0 Å². The summed E-state index contributed by atoms with van der Waals surface area (Å²) in [7, 11) is 2.05. The van der Waals surface area contributed by atoms with Crippen LogP contribution < -0.4 is 0 Å². The molecule has 0 saturated heterocycles. The molecule has 0 fully saturated rings. The summed E-state index contributed by atoms with van der Waals surface area (Å²) < 4.78 is 2.14. The van der Waals surface area contributed by atoms with Crippen LogP contribution in [0.4, 0.5) is 0 Å². The first-order valence-corrected chi connectivity index (χ1v) is 5.19. The Balaban J connectivity index is 2.74. The molecule has 0 aliphatic heterocycles. The molecule has 0 spiro atoms. The van der Waals surface area contributed by atoms with Crippen LogP contribution in [0.2, 0.25) is 0 Å². The highest BCUT2D eigenvalue weighted by molar-refractivity contribution is 7.80. The highest BCUT2D eigenvalue weighted by Crippen LogP contribution is 2.22. The zero-order valence-electron chi connectivity index (χ0n) is 8.65. The first kappa shape index (κ1) is 9.59. The predicted octanol–water partition coefficient (Wildman–Crippen LogP) is 2.99. The lowest BCUT2D eigenvalue weighted by atomic mass is 10.2. The fourth-order valence-corrected chi connectivity index (χ4v) is 1.91. The maximum Gasteiger partial charge on any atom is 0.112 e. The van der Waals surface area contributed by atoms with Crippen molar-refractivity contribution in [2.45, 2.75) is 24.7 Å². The SMILES string of the molecule is CC(C)c1nc2ccc(S)cc2n1C. The van der Waals surface area contributed by atoms with Crippen molar-refractivity contribution in [3.63, 3.8) is 0 Å². The lowest BCUT2D eigenvalue weighted by Crippen LogP contribution is -1.99. The van der Waals surface area contributed by atoms with Crippen molar-refractivity contribution < 1.29 is 0 Å². The normalized spacial score (nSPS) is 11.5. The maximum absolute atomic E-state index is 4.58. The van der Waals surface area contributed by atoms with Crippen molar-refractivity contribution >= 4 is 23.7 Å². The van der Waals surface area contributed by atoms with Crippen LogP contribution >= 0.6 is 12.6 Å². The van der Waals surface area contributed by atoms with Crippen molar-refractivity contribution in [3.05, 3.63) is 24.0 Å². The second-order valence-electron chi connectivity index (χ2n) is 3.86. The third-order valence-corrected chi connectivity index (χ3v) is 2.69. The smallest absolute Gasteiger partial charge is 0.112 e. The number of hydrogen-bond acceptors (Lipinski definition) is 2. The first-order chi connectivity index (χ1) is 6.59. The van der Waals surface area contributed by atoms with Crippen LogP contribution in [0.5, 0.6) is 0 Å². The number of thiol groups is 1. The average Bonchev–Trinajstić information content (AvgIpc) is 2.44. The van der Waals surface area contributed by atoms with Crippen LogP contribution in [0.1, 0.15) is 25.6 Å². The van der Waals surface area contributed by atoms with Gasteiger partial charge in [-0.05, 0) is 18.2 Å². The standard InChI is InChI=1S/C11H14N2S/c1-7(2)11-12-9-5-4-8(14)6-10(9)13(11)3/h4-7,14H,1-3H3. The van der Waals surface area contributed by atoms with Gasteiger partial charge in [0.15, 0.2) is 0 Å². The number of aromatic nitrogens is 2. The summed E-state index contributed by atoms with van der Waals surface area (Å²) in [6, 6.07) is 6.05. The molecule has 0 N–H and O–H groups in total. The van der Waals surface area contributed by atoms with E-state index in [1.54, 1.807) is 0 Å². The summed E-state index contributed by atoms with van der Waals surface area (Å²) >= 11 is 4.33. The number of nitrogens with zero attached hydrogens (tertiary/aromatic N) is 2. The zero-order valence-corrected chi connectivity index (χ0v) is 9.55. The topological polar surface area (TPSA) is 17.8 Å². The molecule has 0 atom stereocenters. The van der Waals surface area contributed by atoms with Gasteiger partial charge < -0.3 is 4.57 Å². The van der Waals surface area contributed by atoms with Gasteiger partial charge in [0.2, 0.25) is 0 Å². The van der Waals surface area contributed by atoms with Gasteiger partial charge in [-0.1, -0.05) is 13.8 Å². The Kier molecular flexibility index (Phi) is 2.27. The van der Waals surface area contributed by atoms with E-state index in [2.05, 4.69) is 49.1 Å². The molecule has 1 aromatic heterocycles. The Hall–Kier alpha value is -0.960. The van der Waals surface area contributed by atoms with Crippen molar-refractivity contribution in [3.8, 4) is 0 Å². The molecule has 0 unspecified atom stereocenters. The van der Waals surface area contributed by atoms with Crippen LogP contribution in [0.15, 0.2) is 23.1 Å². The van der Waals surface area contributed by atoms with E-state index in [1.807, 2.05) is 12.1 Å². The van der Waals surface area contributed by atoms with Crippen LogP contribution in [-0.4, -0.2) is 9.55 Å². The molecule has 0 aliphatic carbocycles. The van der Waals surface area contributed by atoms with Crippen LogP contribution in [0, 0.1) is 0 Å². The lowest BCUT2D eigenvalue weighted by Gasteiger charge is -2.04. The van der Waals surface area contributed by atoms with E-state index in [-0.39, 0.29) is 0 Å². The fraction of sp³-hybridized carbons (Fsp3) is 0.364. The summed E-state index contributed by atoms with van der Waals surface area (Å²) in [4.78, 5) is 5.56. The fourth-order valence-electron chi connectivity index (χ4n) is 1.71. The second-order valence-corrected chi connectivity index (χ2v) is 4.37. The minimum atomic E-state index is 0.454. The molecule has 14 heavy (non-hydrogen) atoms. The number of fused-ring (bicyclic) bond motifs is 1. The van der Waals surface area contributed by atoms with Gasteiger partial charge >= 0.3 is 0 Å². The maximum atomic E-state index is 4.58. The Morgan fingerprint density at radius 2 is 2.07 bits per heavy atom. The van der Waals surface area contributed by atoms with Crippen molar-refractivity contribution in [1.82, 2.24) is 9.55 Å². The lowest BCUT2D eigenvalue weighted by molar-refractivity contribution is 0.722. The molecule has 2 aromatic rings. The molecule has 0 saturated carbocycles. The Labute approximate surface area is 89.4 Å². The van der Waals surface area contributed by atoms with Crippen molar-refractivity contribution in [1.29, 1.82) is 0 Å². The van der Waals surface area contributed by atoms with E-state index in [0.29, 0.717) is 5.92 Å². The Morgan fingerprint density at radius 3 is 2.71 bits per heavy atom. The van der Waals surface area contributed by atoms with E-state index >= 15 is 0 Å². The summed E-state index contributed by atoms with van der Waals surface area (Å²) in [5, 5.41) is 0. The van der Waals surface area contributed by atoms with Gasteiger partial charge in [-0.2, -0.15) is 0 Å². The van der Waals surface area contributed by atoms with Gasteiger partial charge in [0.1, 0.15) is 5.82 Å². The molecule has 3 heteroatoms. The number of benzene rings is 1. The number of rotatable bonds is 1. The molecule has 1 aromatic carbocycles. The summed E-state index contributed by atoms with van der Waals surface area (Å²) in [6.07, 6.45) is 0. The van der Waals surface area contributed by atoms with Crippen molar-refractivity contribution in [2.24, 2.45) is 7.05 Å². The molecule has 2 rings (SSSR count). The van der Waals surface area contributed by atoms with Crippen LogP contribution in [0.3, 0.4) is 0 Å². The average molecular weight is 206 g/mol. The summed E-state index contributed by atoms with van der Waals surface area (Å²) in [6.45, 7) is 4.31. The van der Waals surface area contributed by atoms with Crippen molar-refractivity contribution in [2.75, 3.05) is 0 Å². The molecule has 1 heterocycles. The number of hydrogen-bond donors (Lipinski definition) is 1. The number of aryl methyl sites for hydroxylation is 1.